The summed E-state index contributed by atoms with van der Waals surface area (Å²) in [4.78, 5) is 3.85. The highest BCUT2D eigenvalue weighted by Gasteiger charge is 2.39. The fourth-order valence-electron chi connectivity index (χ4n) is 4.15. The predicted molar refractivity (Wildman–Crippen MR) is 88.1 cm³/mol. The van der Waals surface area contributed by atoms with E-state index >= 15 is 0 Å². The van der Waals surface area contributed by atoms with Crippen molar-refractivity contribution in [2.75, 3.05) is 13.1 Å². The number of rotatable bonds is 3. The van der Waals surface area contributed by atoms with Gasteiger partial charge in [0.25, 0.3) is 0 Å². The summed E-state index contributed by atoms with van der Waals surface area (Å²) in [5.74, 6) is 0. The second kappa shape index (κ2) is 6.85. The molecule has 3 heteroatoms. The molecule has 21 heavy (non-hydrogen) atoms. The van der Waals surface area contributed by atoms with Crippen LogP contribution in [0.15, 0.2) is 29.2 Å². The predicted octanol–water partition coefficient (Wildman–Crippen LogP) is 4.91. The third kappa shape index (κ3) is 3.12. The summed E-state index contributed by atoms with van der Waals surface area (Å²) in [5.41, 5.74) is 1.69. The lowest BCUT2D eigenvalue weighted by Gasteiger charge is -2.49. The van der Waals surface area contributed by atoms with Crippen molar-refractivity contribution in [2.45, 2.75) is 61.8 Å². The number of thiocyanates is 1. The van der Waals surface area contributed by atoms with Gasteiger partial charge in [0.05, 0.1) is 0 Å². The second-order valence-electron chi connectivity index (χ2n) is 6.36. The Kier molecular flexibility index (Phi) is 4.87. The average Bonchev–Trinajstić information content (AvgIpc) is 2.57. The molecule has 112 valence electrons. The molecule has 1 aromatic rings. The van der Waals surface area contributed by atoms with Gasteiger partial charge < -0.3 is 0 Å². The van der Waals surface area contributed by atoms with E-state index in [1.54, 1.807) is 0 Å². The van der Waals surface area contributed by atoms with Crippen LogP contribution in [-0.2, 0) is 5.54 Å². The van der Waals surface area contributed by atoms with Crippen LogP contribution in [0.1, 0.15) is 56.9 Å². The van der Waals surface area contributed by atoms with Gasteiger partial charge in [-0.25, -0.2) is 0 Å². The fraction of sp³-hybridized carbons (Fsp3) is 0.611. The van der Waals surface area contributed by atoms with Gasteiger partial charge in [0.15, 0.2) is 0 Å². The van der Waals surface area contributed by atoms with Gasteiger partial charge in [0, 0.05) is 10.4 Å². The lowest BCUT2D eigenvalue weighted by molar-refractivity contribution is 0.0302. The highest BCUT2D eigenvalue weighted by atomic mass is 32.2. The number of benzene rings is 1. The Balaban J connectivity index is 1.94. The van der Waals surface area contributed by atoms with Gasteiger partial charge in [-0.2, -0.15) is 5.26 Å². The number of nitrogens with zero attached hydrogens (tertiary/aromatic N) is 2. The summed E-state index contributed by atoms with van der Waals surface area (Å²) in [6.45, 7) is 2.49. The molecule has 2 fully saturated rings. The van der Waals surface area contributed by atoms with Crippen LogP contribution in [-0.4, -0.2) is 18.0 Å². The molecule has 3 rings (SSSR count). The first kappa shape index (κ1) is 14.9. The minimum absolute atomic E-state index is 0.241. The van der Waals surface area contributed by atoms with Crippen LogP contribution >= 0.6 is 11.8 Å². The first-order chi connectivity index (χ1) is 10.3. The van der Waals surface area contributed by atoms with Crippen LogP contribution in [0.25, 0.3) is 0 Å². The zero-order chi connectivity index (χ0) is 14.5. The van der Waals surface area contributed by atoms with Crippen molar-refractivity contribution in [3.05, 3.63) is 29.8 Å². The Bertz CT molecular complexity index is 508. The number of nitriles is 1. The summed E-state index contributed by atoms with van der Waals surface area (Å²) >= 11 is 1.29. The Hall–Kier alpha value is -0.980. The standard InChI is InChI=1S/C18H24N2S/c19-15-21-17-9-7-8-16(14-17)18(10-3-1-4-11-18)20-12-5-2-6-13-20/h7-9,14H,1-6,10-13H2. The summed E-state index contributed by atoms with van der Waals surface area (Å²) in [5, 5.41) is 11.1. The number of hydrogen-bond acceptors (Lipinski definition) is 3. The topological polar surface area (TPSA) is 27.0 Å². The van der Waals surface area contributed by atoms with E-state index in [9.17, 15) is 0 Å². The molecule has 1 saturated carbocycles. The molecular formula is C18H24N2S. The lowest BCUT2D eigenvalue weighted by Crippen LogP contribution is -2.49. The summed E-state index contributed by atoms with van der Waals surface area (Å²) in [6, 6.07) is 8.76. The molecule has 0 amide bonds. The highest BCUT2D eigenvalue weighted by Crippen LogP contribution is 2.44. The monoisotopic (exact) mass is 300 g/mol. The highest BCUT2D eigenvalue weighted by molar-refractivity contribution is 8.03. The molecule has 0 bridgehead atoms. The number of piperidine rings is 1. The van der Waals surface area contributed by atoms with E-state index in [0.29, 0.717) is 0 Å². The van der Waals surface area contributed by atoms with Gasteiger partial charge in [0.1, 0.15) is 5.40 Å². The van der Waals surface area contributed by atoms with E-state index in [2.05, 4.69) is 34.6 Å². The maximum atomic E-state index is 8.94. The van der Waals surface area contributed by atoms with E-state index in [1.165, 1.54) is 81.8 Å². The molecule has 2 aliphatic rings. The van der Waals surface area contributed by atoms with Crippen molar-refractivity contribution < 1.29 is 0 Å². The normalized spacial score (nSPS) is 22.6. The van der Waals surface area contributed by atoms with Crippen molar-refractivity contribution in [1.29, 1.82) is 5.26 Å². The fourth-order valence-corrected chi connectivity index (χ4v) is 4.59. The van der Waals surface area contributed by atoms with Crippen molar-refractivity contribution in [1.82, 2.24) is 4.90 Å². The third-order valence-electron chi connectivity index (χ3n) is 5.18. The molecule has 1 heterocycles. The first-order valence-electron chi connectivity index (χ1n) is 8.27. The van der Waals surface area contributed by atoms with Crippen molar-refractivity contribution in [2.24, 2.45) is 0 Å². The van der Waals surface area contributed by atoms with E-state index in [0.717, 1.165) is 4.90 Å². The van der Waals surface area contributed by atoms with Gasteiger partial charge in [-0.15, -0.1) is 0 Å². The number of thioether (sulfide) groups is 1. The summed E-state index contributed by atoms with van der Waals surface area (Å²) in [7, 11) is 0. The van der Waals surface area contributed by atoms with Crippen LogP contribution in [0.5, 0.6) is 0 Å². The number of likely N-dealkylation sites (tertiary alicyclic amines) is 1. The van der Waals surface area contributed by atoms with E-state index in [1.807, 2.05) is 0 Å². The van der Waals surface area contributed by atoms with Gasteiger partial charge in [-0.3, -0.25) is 4.90 Å². The van der Waals surface area contributed by atoms with Gasteiger partial charge >= 0.3 is 0 Å². The third-order valence-corrected chi connectivity index (χ3v) is 5.76. The minimum atomic E-state index is 0.241. The second-order valence-corrected chi connectivity index (χ2v) is 7.22. The van der Waals surface area contributed by atoms with Crippen LogP contribution in [0.4, 0.5) is 0 Å². The molecule has 1 aliphatic heterocycles. The van der Waals surface area contributed by atoms with Crippen LogP contribution in [0.2, 0.25) is 0 Å². The van der Waals surface area contributed by atoms with Gasteiger partial charge in [-0.1, -0.05) is 37.8 Å². The Morgan fingerprint density at radius 1 is 1.00 bits per heavy atom. The molecule has 0 spiro atoms. The van der Waals surface area contributed by atoms with Crippen LogP contribution in [0.3, 0.4) is 0 Å². The van der Waals surface area contributed by atoms with Crippen molar-refractivity contribution >= 4 is 11.8 Å². The zero-order valence-corrected chi connectivity index (χ0v) is 13.5. The Morgan fingerprint density at radius 3 is 2.43 bits per heavy atom. The average molecular weight is 300 g/mol. The quantitative estimate of drug-likeness (QED) is 0.586. The molecule has 0 aromatic heterocycles. The smallest absolute Gasteiger partial charge is 0.138 e. The minimum Gasteiger partial charge on any atom is -0.294 e. The SMILES string of the molecule is N#CSc1cccc(C2(N3CCCCC3)CCCCC2)c1. The van der Waals surface area contributed by atoms with Crippen LogP contribution < -0.4 is 0 Å². The largest absolute Gasteiger partial charge is 0.294 e. The Labute approximate surface area is 132 Å². The summed E-state index contributed by atoms with van der Waals surface area (Å²) < 4.78 is 0. The van der Waals surface area contributed by atoms with E-state index < -0.39 is 0 Å². The molecule has 0 unspecified atom stereocenters. The van der Waals surface area contributed by atoms with Crippen LogP contribution in [0, 0.1) is 10.7 Å². The zero-order valence-electron chi connectivity index (χ0n) is 12.7. The van der Waals surface area contributed by atoms with Crippen molar-refractivity contribution in [3.8, 4) is 5.40 Å². The molecule has 1 saturated heterocycles. The Morgan fingerprint density at radius 2 is 1.71 bits per heavy atom. The molecule has 2 nitrogen and oxygen atoms in total. The molecule has 1 aliphatic carbocycles. The molecule has 1 aromatic carbocycles. The summed E-state index contributed by atoms with van der Waals surface area (Å²) in [6.07, 6.45) is 10.7. The molecule has 0 N–H and O–H groups in total. The molecule has 0 radical (unpaired) electrons. The van der Waals surface area contributed by atoms with Crippen molar-refractivity contribution in [3.63, 3.8) is 0 Å². The maximum Gasteiger partial charge on any atom is 0.138 e. The van der Waals surface area contributed by atoms with Gasteiger partial charge in [0.2, 0.25) is 0 Å². The number of hydrogen-bond donors (Lipinski definition) is 0. The molecular weight excluding hydrogens is 276 g/mol. The lowest BCUT2D eigenvalue weighted by atomic mass is 9.74. The van der Waals surface area contributed by atoms with Gasteiger partial charge in [-0.05, 0) is 68.2 Å². The molecule has 0 atom stereocenters. The van der Waals surface area contributed by atoms with E-state index in [-0.39, 0.29) is 5.54 Å². The first-order valence-corrected chi connectivity index (χ1v) is 9.08. The maximum absolute atomic E-state index is 8.94. The van der Waals surface area contributed by atoms with E-state index in [4.69, 9.17) is 5.26 Å².